The van der Waals surface area contributed by atoms with Crippen LogP contribution in [0.25, 0.3) is 11.8 Å². The van der Waals surface area contributed by atoms with Crippen molar-refractivity contribution in [1.29, 1.82) is 0 Å². The standard InChI is InChI=1S/C31H27F3N4O5S/c1-17-9-28(43-30-24(32)3-2-4-25(30)33)36-15-27(17)38-31(35)23(14-37-38)29(39)20-10-18-12-21(26(34)13-19(18)11-20)16-44(40,41)22-5-7-42-8-6-22/h2-4,9,11-15,22H,5-8,10,16,35H2,1H3. The molecule has 228 valence electrons. The van der Waals surface area contributed by atoms with Gasteiger partial charge in [-0.2, -0.15) is 5.10 Å². The summed E-state index contributed by atoms with van der Waals surface area (Å²) >= 11 is 0. The highest BCUT2D eigenvalue weighted by atomic mass is 32.2. The summed E-state index contributed by atoms with van der Waals surface area (Å²) in [5.41, 5.74) is 8.94. The third-order valence-electron chi connectivity index (χ3n) is 7.81. The second kappa shape index (κ2) is 11.5. The number of hydrogen-bond donors (Lipinski definition) is 1. The molecule has 1 fully saturated rings. The van der Waals surface area contributed by atoms with Gasteiger partial charge >= 0.3 is 0 Å². The van der Waals surface area contributed by atoms with E-state index in [1.54, 1.807) is 13.0 Å². The number of halogens is 3. The topological polar surface area (TPSA) is 126 Å². The predicted octanol–water partition coefficient (Wildman–Crippen LogP) is 5.28. The Labute approximate surface area is 251 Å². The number of carbonyl (C=O) groups is 1. The smallest absolute Gasteiger partial charge is 0.219 e. The number of ketones is 1. The molecule has 2 aromatic carbocycles. The van der Waals surface area contributed by atoms with E-state index in [-0.39, 0.29) is 29.2 Å². The van der Waals surface area contributed by atoms with Crippen LogP contribution in [0.4, 0.5) is 19.0 Å². The number of allylic oxidation sites excluding steroid dienone is 1. The van der Waals surface area contributed by atoms with Crippen molar-refractivity contribution in [2.24, 2.45) is 0 Å². The Morgan fingerprint density at radius 1 is 1.09 bits per heavy atom. The van der Waals surface area contributed by atoms with Crippen molar-refractivity contribution < 1.29 is 35.9 Å². The monoisotopic (exact) mass is 624 g/mol. The van der Waals surface area contributed by atoms with Gasteiger partial charge in [0.1, 0.15) is 11.6 Å². The summed E-state index contributed by atoms with van der Waals surface area (Å²) in [6.07, 6.45) is 5.16. The van der Waals surface area contributed by atoms with Crippen LogP contribution in [0, 0.1) is 24.4 Å². The number of benzene rings is 2. The SMILES string of the molecule is Cc1cc(Oc2c(F)cccc2F)ncc1-n1ncc(C(=O)C2=Cc3cc(F)c(CS(=O)(=O)C4CCOCC4)cc3C2)c1N. The summed E-state index contributed by atoms with van der Waals surface area (Å²) < 4.78 is 80.7. The molecule has 0 amide bonds. The fraction of sp³-hybridized carbons (Fsp3) is 0.258. The first-order valence-corrected chi connectivity index (χ1v) is 15.5. The van der Waals surface area contributed by atoms with Gasteiger partial charge in [0.15, 0.2) is 27.3 Å². The third-order valence-corrected chi connectivity index (χ3v) is 10.0. The minimum atomic E-state index is -3.58. The van der Waals surface area contributed by atoms with Gasteiger partial charge in [0.05, 0.1) is 34.6 Å². The number of para-hydroxylation sites is 1. The van der Waals surface area contributed by atoms with Crippen LogP contribution in [0.15, 0.2) is 54.4 Å². The number of nitrogens with zero attached hydrogens (tertiary/aromatic N) is 3. The Kier molecular flexibility index (Phi) is 7.76. The lowest BCUT2D eigenvalue weighted by molar-refractivity contribution is 0.0983. The molecular formula is C31H27F3N4O5S. The molecule has 1 aliphatic heterocycles. The number of nitrogen functional groups attached to an aromatic ring is 1. The van der Waals surface area contributed by atoms with Crippen molar-refractivity contribution >= 4 is 27.5 Å². The van der Waals surface area contributed by atoms with Crippen molar-refractivity contribution in [2.45, 2.75) is 37.2 Å². The second-order valence-corrected chi connectivity index (χ2v) is 13.0. The highest BCUT2D eigenvalue weighted by Crippen LogP contribution is 2.33. The fourth-order valence-corrected chi connectivity index (χ4v) is 7.23. The lowest BCUT2D eigenvalue weighted by Gasteiger charge is -2.22. The summed E-state index contributed by atoms with van der Waals surface area (Å²) in [5.74, 6) is -3.86. The maximum absolute atomic E-state index is 15.0. The summed E-state index contributed by atoms with van der Waals surface area (Å²) in [7, 11) is -3.58. The number of hydrogen-bond acceptors (Lipinski definition) is 8. The van der Waals surface area contributed by atoms with E-state index in [4.69, 9.17) is 15.2 Å². The lowest BCUT2D eigenvalue weighted by atomic mass is 10.0. The van der Waals surface area contributed by atoms with Gasteiger partial charge in [0, 0.05) is 36.8 Å². The van der Waals surface area contributed by atoms with Gasteiger partial charge in [-0.3, -0.25) is 4.79 Å². The minimum absolute atomic E-state index is 0.0278. The summed E-state index contributed by atoms with van der Waals surface area (Å²) in [4.78, 5) is 17.6. The summed E-state index contributed by atoms with van der Waals surface area (Å²) in [5, 5.41) is 3.68. The maximum atomic E-state index is 15.0. The molecule has 6 rings (SSSR count). The number of anilines is 1. The number of rotatable bonds is 8. The van der Waals surface area contributed by atoms with Crippen LogP contribution in [0.1, 0.15) is 45.5 Å². The third kappa shape index (κ3) is 5.60. The van der Waals surface area contributed by atoms with Gasteiger partial charge in [-0.1, -0.05) is 12.1 Å². The molecule has 44 heavy (non-hydrogen) atoms. The second-order valence-electron chi connectivity index (χ2n) is 10.8. The van der Waals surface area contributed by atoms with Crippen LogP contribution < -0.4 is 10.5 Å². The molecule has 0 atom stereocenters. The number of ether oxygens (including phenoxy) is 2. The maximum Gasteiger partial charge on any atom is 0.219 e. The molecule has 3 heterocycles. The van der Waals surface area contributed by atoms with Crippen LogP contribution in [0.2, 0.25) is 0 Å². The Hall–Kier alpha value is -4.49. The van der Waals surface area contributed by atoms with Crippen molar-refractivity contribution in [1.82, 2.24) is 14.8 Å². The highest BCUT2D eigenvalue weighted by molar-refractivity contribution is 7.91. The van der Waals surface area contributed by atoms with Gasteiger partial charge < -0.3 is 15.2 Å². The molecule has 2 N–H and O–H groups in total. The van der Waals surface area contributed by atoms with Crippen LogP contribution in [-0.4, -0.2) is 47.4 Å². The van der Waals surface area contributed by atoms with Crippen LogP contribution in [-0.2, 0) is 26.7 Å². The molecule has 0 unspecified atom stereocenters. The Morgan fingerprint density at radius 3 is 2.52 bits per heavy atom. The number of fused-ring (bicyclic) bond motifs is 1. The zero-order chi connectivity index (χ0) is 31.2. The van der Waals surface area contributed by atoms with Crippen molar-refractivity contribution in [3.8, 4) is 17.3 Å². The minimum Gasteiger partial charge on any atom is -0.433 e. The molecular weight excluding hydrogens is 597 g/mol. The quantitative estimate of drug-likeness (QED) is 0.263. The number of Topliss-reactive ketones (excluding diaryl/α,β-unsaturated/α-hetero) is 1. The highest BCUT2D eigenvalue weighted by Gasteiger charge is 2.30. The van der Waals surface area contributed by atoms with E-state index in [1.165, 1.54) is 41.3 Å². The zero-order valence-electron chi connectivity index (χ0n) is 23.5. The predicted molar refractivity (Wildman–Crippen MR) is 156 cm³/mol. The molecule has 0 radical (unpaired) electrons. The van der Waals surface area contributed by atoms with Crippen LogP contribution in [0.5, 0.6) is 11.6 Å². The Bertz CT molecular complexity index is 1910. The van der Waals surface area contributed by atoms with Crippen LogP contribution >= 0.6 is 0 Å². The molecule has 2 aromatic heterocycles. The number of nitrogens with two attached hydrogens (primary N) is 1. The molecule has 0 bridgehead atoms. The van der Waals surface area contributed by atoms with E-state index >= 15 is 0 Å². The van der Waals surface area contributed by atoms with Gasteiger partial charge in [0.25, 0.3) is 0 Å². The number of sulfone groups is 1. The van der Waals surface area contributed by atoms with Gasteiger partial charge in [-0.25, -0.2) is 31.3 Å². The van der Waals surface area contributed by atoms with Crippen LogP contribution in [0.3, 0.4) is 0 Å². The average molecular weight is 625 g/mol. The average Bonchev–Trinajstić information content (AvgIpc) is 3.58. The van der Waals surface area contributed by atoms with E-state index in [1.807, 2.05) is 0 Å². The number of aromatic nitrogens is 3. The number of pyridine rings is 1. The fourth-order valence-electron chi connectivity index (χ4n) is 5.42. The first-order chi connectivity index (χ1) is 21.0. The van der Waals surface area contributed by atoms with Gasteiger partial charge in [-0.15, -0.1) is 0 Å². The number of aryl methyl sites for hydroxylation is 1. The summed E-state index contributed by atoms with van der Waals surface area (Å²) in [6.45, 7) is 2.41. The molecule has 4 aromatic rings. The first-order valence-electron chi connectivity index (χ1n) is 13.8. The molecule has 0 spiro atoms. The molecule has 2 aliphatic rings. The van der Waals surface area contributed by atoms with Crippen molar-refractivity contribution in [3.63, 3.8) is 0 Å². The van der Waals surface area contributed by atoms with Crippen molar-refractivity contribution in [3.05, 3.63) is 99.6 Å². The molecule has 1 aliphatic carbocycles. The van der Waals surface area contributed by atoms with E-state index in [0.29, 0.717) is 54.0 Å². The lowest BCUT2D eigenvalue weighted by Crippen LogP contribution is -2.30. The van der Waals surface area contributed by atoms with E-state index in [9.17, 15) is 26.4 Å². The normalized spacial score (nSPS) is 15.2. The number of carbonyl (C=O) groups excluding carboxylic acids is 1. The van der Waals surface area contributed by atoms with Gasteiger partial charge in [-0.05, 0) is 60.7 Å². The first kappa shape index (κ1) is 29.6. The molecule has 0 saturated carbocycles. The zero-order valence-corrected chi connectivity index (χ0v) is 24.3. The van der Waals surface area contributed by atoms with E-state index in [2.05, 4.69) is 10.1 Å². The molecule has 9 nitrogen and oxygen atoms in total. The Morgan fingerprint density at radius 2 is 1.82 bits per heavy atom. The van der Waals surface area contributed by atoms with E-state index < -0.39 is 49.8 Å². The van der Waals surface area contributed by atoms with Gasteiger partial charge in [0.2, 0.25) is 11.6 Å². The molecule has 13 heteroatoms. The largest absolute Gasteiger partial charge is 0.433 e. The van der Waals surface area contributed by atoms with Crippen molar-refractivity contribution in [2.75, 3.05) is 18.9 Å². The Balaban J connectivity index is 1.19. The molecule has 1 saturated heterocycles. The van der Waals surface area contributed by atoms with E-state index in [0.717, 1.165) is 12.1 Å². The summed E-state index contributed by atoms with van der Waals surface area (Å²) in [6, 6.07) is 7.56.